The van der Waals surface area contributed by atoms with E-state index >= 15 is 0 Å². The van der Waals surface area contributed by atoms with Crippen molar-refractivity contribution in [2.75, 3.05) is 26.7 Å². The number of hydrogen-bond acceptors (Lipinski definition) is 2. The highest BCUT2D eigenvalue weighted by atomic mass is 19.4. The molecule has 1 atom stereocenters. The van der Waals surface area contributed by atoms with Gasteiger partial charge in [0.2, 0.25) is 0 Å². The van der Waals surface area contributed by atoms with E-state index in [0.717, 1.165) is 0 Å². The van der Waals surface area contributed by atoms with Crippen LogP contribution in [0.15, 0.2) is 0 Å². The van der Waals surface area contributed by atoms with Crippen LogP contribution in [-0.2, 0) is 0 Å². The van der Waals surface area contributed by atoms with Gasteiger partial charge in [0.05, 0.1) is 0 Å². The molecule has 0 aliphatic carbocycles. The van der Waals surface area contributed by atoms with Gasteiger partial charge in [0.25, 0.3) is 0 Å². The fourth-order valence-corrected chi connectivity index (χ4v) is 1.84. The van der Waals surface area contributed by atoms with Crippen LogP contribution in [-0.4, -0.2) is 54.2 Å². The molecule has 1 heterocycles. The first kappa shape index (κ1) is 12.8. The molecule has 1 unspecified atom stereocenters. The van der Waals surface area contributed by atoms with E-state index in [1.165, 1.54) is 11.9 Å². The summed E-state index contributed by atoms with van der Waals surface area (Å²) in [6.07, 6.45) is -4.13. The standard InChI is InChI=1S/C10H19F3N2/c1-9(2,3)15-6-5-14(4)8(7-15)10(11,12)13/h8H,5-7H2,1-4H3. The number of nitrogens with zero attached hydrogens (tertiary/aromatic N) is 2. The molecule has 90 valence electrons. The molecule has 0 spiro atoms. The van der Waals surface area contributed by atoms with Crippen molar-refractivity contribution in [3.8, 4) is 0 Å². The van der Waals surface area contributed by atoms with E-state index in [1.807, 2.05) is 25.7 Å². The molecule has 15 heavy (non-hydrogen) atoms. The van der Waals surface area contributed by atoms with Crippen molar-refractivity contribution in [3.05, 3.63) is 0 Å². The van der Waals surface area contributed by atoms with Gasteiger partial charge in [-0.1, -0.05) is 0 Å². The lowest BCUT2D eigenvalue weighted by Gasteiger charge is -2.45. The fourth-order valence-electron chi connectivity index (χ4n) is 1.84. The van der Waals surface area contributed by atoms with Crippen LogP contribution in [0, 0.1) is 0 Å². The van der Waals surface area contributed by atoms with Gasteiger partial charge in [0.15, 0.2) is 0 Å². The summed E-state index contributed by atoms with van der Waals surface area (Å²) in [7, 11) is 1.54. The number of alkyl halides is 3. The molecule has 0 saturated carbocycles. The number of hydrogen-bond donors (Lipinski definition) is 0. The first-order valence-corrected chi connectivity index (χ1v) is 5.14. The predicted molar refractivity (Wildman–Crippen MR) is 53.8 cm³/mol. The molecule has 1 aliphatic rings. The van der Waals surface area contributed by atoms with Crippen molar-refractivity contribution in [1.82, 2.24) is 9.80 Å². The molecular weight excluding hydrogens is 205 g/mol. The summed E-state index contributed by atoms with van der Waals surface area (Å²) in [5.74, 6) is 0. The number of piperazine rings is 1. The van der Waals surface area contributed by atoms with Gasteiger partial charge in [0, 0.05) is 25.2 Å². The highest BCUT2D eigenvalue weighted by molar-refractivity contribution is 4.90. The van der Waals surface area contributed by atoms with E-state index in [-0.39, 0.29) is 12.1 Å². The first-order chi connectivity index (χ1) is 6.62. The molecule has 0 aromatic heterocycles. The summed E-state index contributed by atoms with van der Waals surface area (Å²) in [5.41, 5.74) is -0.190. The van der Waals surface area contributed by atoms with E-state index < -0.39 is 12.2 Å². The Hall–Kier alpha value is -0.290. The quantitative estimate of drug-likeness (QED) is 0.620. The van der Waals surface area contributed by atoms with Gasteiger partial charge in [0.1, 0.15) is 6.04 Å². The van der Waals surface area contributed by atoms with Crippen LogP contribution in [0.25, 0.3) is 0 Å². The number of rotatable bonds is 0. The summed E-state index contributed by atoms with van der Waals surface area (Å²) >= 11 is 0. The number of halogens is 3. The molecule has 1 rings (SSSR count). The van der Waals surface area contributed by atoms with Crippen LogP contribution in [0.3, 0.4) is 0 Å². The monoisotopic (exact) mass is 224 g/mol. The van der Waals surface area contributed by atoms with E-state index in [0.29, 0.717) is 13.1 Å². The Morgan fingerprint density at radius 2 is 1.60 bits per heavy atom. The van der Waals surface area contributed by atoms with Gasteiger partial charge in [-0.15, -0.1) is 0 Å². The Morgan fingerprint density at radius 1 is 1.07 bits per heavy atom. The van der Waals surface area contributed by atoms with Crippen molar-refractivity contribution < 1.29 is 13.2 Å². The fraction of sp³-hybridized carbons (Fsp3) is 1.00. The second-order valence-corrected chi connectivity index (χ2v) is 5.15. The third-order valence-corrected chi connectivity index (χ3v) is 2.97. The summed E-state index contributed by atoms with van der Waals surface area (Å²) < 4.78 is 38.1. The summed E-state index contributed by atoms with van der Waals surface area (Å²) in [5, 5.41) is 0. The SMILES string of the molecule is CN1CCN(C(C)(C)C)CC1C(F)(F)F. The topological polar surface area (TPSA) is 6.48 Å². The minimum atomic E-state index is -4.13. The molecule has 2 nitrogen and oxygen atoms in total. The molecule has 5 heteroatoms. The van der Waals surface area contributed by atoms with E-state index in [9.17, 15) is 13.2 Å². The second-order valence-electron chi connectivity index (χ2n) is 5.15. The Kier molecular flexibility index (Phi) is 3.36. The zero-order valence-electron chi connectivity index (χ0n) is 9.73. The lowest BCUT2D eigenvalue weighted by Crippen LogP contribution is -2.61. The average molecular weight is 224 g/mol. The van der Waals surface area contributed by atoms with Gasteiger partial charge < -0.3 is 0 Å². The van der Waals surface area contributed by atoms with Gasteiger partial charge in [-0.05, 0) is 27.8 Å². The summed E-state index contributed by atoms with van der Waals surface area (Å²) in [6.45, 7) is 7.10. The zero-order chi connectivity index (χ0) is 11.9. The van der Waals surface area contributed by atoms with Crippen molar-refractivity contribution in [2.45, 2.75) is 38.5 Å². The predicted octanol–water partition coefficient (Wildman–Crippen LogP) is 1.96. The van der Waals surface area contributed by atoms with Crippen LogP contribution in [0.2, 0.25) is 0 Å². The van der Waals surface area contributed by atoms with Gasteiger partial charge in [-0.3, -0.25) is 9.80 Å². The van der Waals surface area contributed by atoms with Crippen molar-refractivity contribution in [2.24, 2.45) is 0 Å². The average Bonchev–Trinajstić information content (AvgIpc) is 2.00. The highest BCUT2D eigenvalue weighted by Crippen LogP contribution is 2.29. The molecule has 0 radical (unpaired) electrons. The van der Waals surface area contributed by atoms with Gasteiger partial charge in [-0.2, -0.15) is 13.2 Å². The number of likely N-dealkylation sites (N-methyl/N-ethyl adjacent to an activating group) is 1. The Balaban J connectivity index is 2.73. The minimum Gasteiger partial charge on any atom is -0.295 e. The van der Waals surface area contributed by atoms with Crippen molar-refractivity contribution >= 4 is 0 Å². The summed E-state index contributed by atoms with van der Waals surface area (Å²) in [4.78, 5) is 3.29. The molecule has 0 amide bonds. The van der Waals surface area contributed by atoms with E-state index in [1.54, 1.807) is 0 Å². The van der Waals surface area contributed by atoms with Crippen LogP contribution >= 0.6 is 0 Å². The molecule has 0 N–H and O–H groups in total. The third-order valence-electron chi connectivity index (χ3n) is 2.97. The molecule has 0 aromatic rings. The Labute approximate surface area is 89.0 Å². The smallest absolute Gasteiger partial charge is 0.295 e. The molecule has 1 aliphatic heterocycles. The third kappa shape index (κ3) is 3.08. The van der Waals surface area contributed by atoms with E-state index in [2.05, 4.69) is 0 Å². The molecule has 1 saturated heterocycles. The molecular formula is C10H19F3N2. The Bertz CT molecular complexity index is 220. The Morgan fingerprint density at radius 3 is 2.00 bits per heavy atom. The summed E-state index contributed by atoms with van der Waals surface area (Å²) in [6, 6.07) is -1.33. The highest BCUT2D eigenvalue weighted by Gasteiger charge is 2.46. The van der Waals surface area contributed by atoms with Crippen LogP contribution in [0.5, 0.6) is 0 Å². The normalized spacial score (nSPS) is 27.0. The molecule has 1 fully saturated rings. The lowest BCUT2D eigenvalue weighted by atomic mass is 10.0. The maximum Gasteiger partial charge on any atom is 0.405 e. The van der Waals surface area contributed by atoms with Crippen LogP contribution < -0.4 is 0 Å². The van der Waals surface area contributed by atoms with Gasteiger partial charge >= 0.3 is 6.18 Å². The minimum absolute atomic E-state index is 0.0729. The first-order valence-electron chi connectivity index (χ1n) is 5.14. The zero-order valence-corrected chi connectivity index (χ0v) is 9.73. The second kappa shape index (κ2) is 3.94. The molecule has 0 aromatic carbocycles. The maximum atomic E-state index is 12.7. The van der Waals surface area contributed by atoms with Crippen molar-refractivity contribution in [3.63, 3.8) is 0 Å². The van der Waals surface area contributed by atoms with E-state index in [4.69, 9.17) is 0 Å². The van der Waals surface area contributed by atoms with Crippen molar-refractivity contribution in [1.29, 1.82) is 0 Å². The lowest BCUT2D eigenvalue weighted by molar-refractivity contribution is -0.197. The largest absolute Gasteiger partial charge is 0.405 e. The molecule has 0 bridgehead atoms. The van der Waals surface area contributed by atoms with Crippen LogP contribution in [0.4, 0.5) is 13.2 Å². The van der Waals surface area contributed by atoms with Gasteiger partial charge in [-0.25, -0.2) is 0 Å². The van der Waals surface area contributed by atoms with Crippen LogP contribution in [0.1, 0.15) is 20.8 Å². The maximum absolute atomic E-state index is 12.7.